The fraction of sp³-hybridized carbons (Fsp3) is 1.00. The summed E-state index contributed by atoms with van der Waals surface area (Å²) in [7, 11) is 0. The van der Waals surface area contributed by atoms with Gasteiger partial charge in [-0.3, -0.25) is 0 Å². The molecule has 0 radical (unpaired) electrons. The highest BCUT2D eigenvalue weighted by atomic mass is 16.0. The normalized spacial score (nSPS) is 18.8. The van der Waals surface area contributed by atoms with Crippen LogP contribution in [0.1, 0.15) is 45.4 Å². The lowest BCUT2D eigenvalue weighted by Crippen LogP contribution is -2.32. The molecule has 0 aromatic rings. The minimum Gasteiger partial charge on any atom is -0.412 e. The molecule has 0 heterocycles. The molecule has 1 unspecified atom stereocenters. The van der Waals surface area contributed by atoms with Crippen LogP contribution in [-0.4, -0.2) is 24.2 Å². The van der Waals surface area contributed by atoms with Gasteiger partial charge in [0.15, 0.2) is 0 Å². The quantitative estimate of drug-likeness (QED) is 0.657. The Balaban J connectivity index is 0. The molecule has 1 rings (SSSR count). The van der Waals surface area contributed by atoms with Crippen molar-refractivity contribution in [2.75, 3.05) is 13.2 Å². The Hall–Kier alpha value is -0.160. The van der Waals surface area contributed by atoms with E-state index in [4.69, 9.17) is 5.73 Å². The van der Waals surface area contributed by atoms with Crippen molar-refractivity contribution >= 4 is 0 Å². The highest BCUT2D eigenvalue weighted by molar-refractivity contribution is 4.74. The van der Waals surface area contributed by atoms with Crippen LogP contribution in [0.3, 0.4) is 0 Å². The number of rotatable bonds is 5. The molecular formula is C11H28N2O2. The van der Waals surface area contributed by atoms with Crippen LogP contribution in [-0.2, 0) is 0 Å². The Bertz CT molecular complexity index is 128. The van der Waals surface area contributed by atoms with E-state index in [1.807, 2.05) is 0 Å². The van der Waals surface area contributed by atoms with E-state index in [9.17, 15) is 0 Å². The average molecular weight is 220 g/mol. The lowest BCUT2D eigenvalue weighted by atomic mass is 9.79. The fourth-order valence-corrected chi connectivity index (χ4v) is 2.52. The molecule has 1 atom stereocenters. The molecule has 0 saturated heterocycles. The van der Waals surface area contributed by atoms with Gasteiger partial charge in [-0.05, 0) is 18.4 Å². The maximum atomic E-state index is 5.45. The van der Waals surface area contributed by atoms with Crippen molar-refractivity contribution < 1.29 is 11.0 Å². The molecule has 1 aliphatic rings. The second-order valence-electron chi connectivity index (χ2n) is 4.22. The number of hydrogen-bond donors (Lipinski definition) is 2. The first-order valence-corrected chi connectivity index (χ1v) is 5.79. The Labute approximate surface area is 93.2 Å². The van der Waals surface area contributed by atoms with E-state index >= 15 is 0 Å². The van der Waals surface area contributed by atoms with Gasteiger partial charge in [0.05, 0.1) is 0 Å². The van der Waals surface area contributed by atoms with E-state index < -0.39 is 0 Å². The van der Waals surface area contributed by atoms with Crippen LogP contribution in [0.4, 0.5) is 0 Å². The minimum absolute atomic E-state index is 0. The molecule has 7 N–H and O–H groups in total. The minimum atomic E-state index is 0. The third kappa shape index (κ3) is 6.10. The molecule has 1 saturated carbocycles. The van der Waals surface area contributed by atoms with Gasteiger partial charge in [-0.2, -0.15) is 0 Å². The van der Waals surface area contributed by atoms with Gasteiger partial charge in [0.25, 0.3) is 0 Å². The Morgan fingerprint density at radius 3 is 2.27 bits per heavy atom. The first-order chi connectivity index (χ1) is 6.38. The molecule has 0 bridgehead atoms. The molecule has 4 nitrogen and oxygen atoms in total. The largest absolute Gasteiger partial charge is 0.412 e. The molecular weight excluding hydrogens is 192 g/mol. The molecule has 94 valence electrons. The van der Waals surface area contributed by atoms with E-state index in [0.717, 1.165) is 18.4 Å². The van der Waals surface area contributed by atoms with Crippen LogP contribution in [0.5, 0.6) is 0 Å². The second kappa shape index (κ2) is 10.4. The van der Waals surface area contributed by atoms with Gasteiger partial charge in [0.1, 0.15) is 0 Å². The zero-order valence-electron chi connectivity index (χ0n) is 9.89. The summed E-state index contributed by atoms with van der Waals surface area (Å²) in [4.78, 5) is 0. The van der Waals surface area contributed by atoms with Crippen molar-refractivity contribution in [3.8, 4) is 0 Å². The maximum absolute atomic E-state index is 5.45. The topological polar surface area (TPSA) is 101 Å². The van der Waals surface area contributed by atoms with Crippen LogP contribution < -0.4 is 11.1 Å². The second-order valence-corrected chi connectivity index (χ2v) is 4.22. The zero-order valence-corrected chi connectivity index (χ0v) is 9.89. The van der Waals surface area contributed by atoms with Crippen LogP contribution in [0, 0.1) is 11.8 Å². The summed E-state index contributed by atoms with van der Waals surface area (Å²) in [6.07, 6.45) is 8.55. The standard InChI is InChI=1S/C11H24N2.2H2O/c1-2-10(8-13-9-12)11-6-4-3-5-7-11;;/h10-11,13H,2-9,12H2,1H3;2*1H2. The Morgan fingerprint density at radius 2 is 1.80 bits per heavy atom. The number of nitrogens with one attached hydrogen (secondary N) is 1. The van der Waals surface area contributed by atoms with Crippen molar-refractivity contribution in [1.82, 2.24) is 5.32 Å². The summed E-state index contributed by atoms with van der Waals surface area (Å²) in [5.74, 6) is 1.83. The third-order valence-electron chi connectivity index (χ3n) is 3.39. The van der Waals surface area contributed by atoms with Crippen molar-refractivity contribution in [2.45, 2.75) is 45.4 Å². The van der Waals surface area contributed by atoms with Gasteiger partial charge in [-0.1, -0.05) is 45.4 Å². The van der Waals surface area contributed by atoms with Gasteiger partial charge in [-0.25, -0.2) is 0 Å². The van der Waals surface area contributed by atoms with E-state index in [1.54, 1.807) is 0 Å². The van der Waals surface area contributed by atoms with Crippen molar-refractivity contribution in [1.29, 1.82) is 0 Å². The van der Waals surface area contributed by atoms with E-state index in [0.29, 0.717) is 6.67 Å². The molecule has 0 aromatic heterocycles. The van der Waals surface area contributed by atoms with Crippen molar-refractivity contribution in [3.63, 3.8) is 0 Å². The monoisotopic (exact) mass is 220 g/mol. The fourth-order valence-electron chi connectivity index (χ4n) is 2.52. The molecule has 15 heavy (non-hydrogen) atoms. The third-order valence-corrected chi connectivity index (χ3v) is 3.39. The summed E-state index contributed by atoms with van der Waals surface area (Å²) in [5, 5.41) is 3.27. The lowest BCUT2D eigenvalue weighted by Gasteiger charge is -2.29. The first kappa shape index (κ1) is 17.2. The molecule has 0 aromatic carbocycles. The molecule has 4 heteroatoms. The summed E-state index contributed by atoms with van der Waals surface area (Å²) >= 11 is 0. The van der Waals surface area contributed by atoms with Crippen LogP contribution in [0.15, 0.2) is 0 Å². The van der Waals surface area contributed by atoms with Gasteiger partial charge >= 0.3 is 0 Å². The van der Waals surface area contributed by atoms with Gasteiger partial charge < -0.3 is 22.0 Å². The maximum Gasteiger partial charge on any atom is 0.0428 e. The molecule has 1 fully saturated rings. The summed E-state index contributed by atoms with van der Waals surface area (Å²) in [6, 6.07) is 0. The molecule has 0 spiro atoms. The van der Waals surface area contributed by atoms with Gasteiger partial charge in [-0.15, -0.1) is 0 Å². The number of hydrogen-bond acceptors (Lipinski definition) is 2. The van der Waals surface area contributed by atoms with Gasteiger partial charge in [0, 0.05) is 6.67 Å². The first-order valence-electron chi connectivity index (χ1n) is 5.79. The smallest absolute Gasteiger partial charge is 0.0428 e. The van der Waals surface area contributed by atoms with Gasteiger partial charge in [0.2, 0.25) is 0 Å². The average Bonchev–Trinajstić information content (AvgIpc) is 2.21. The van der Waals surface area contributed by atoms with Crippen LogP contribution in [0.2, 0.25) is 0 Å². The Kier molecular flexibility index (Phi) is 11.9. The predicted octanol–water partition coefficient (Wildman–Crippen LogP) is 0.449. The predicted molar refractivity (Wildman–Crippen MR) is 64.6 cm³/mol. The molecule has 0 aliphatic heterocycles. The zero-order chi connectivity index (χ0) is 9.52. The lowest BCUT2D eigenvalue weighted by molar-refractivity contribution is 0.236. The Morgan fingerprint density at radius 1 is 1.20 bits per heavy atom. The van der Waals surface area contributed by atoms with Crippen LogP contribution in [0.25, 0.3) is 0 Å². The summed E-state index contributed by atoms with van der Waals surface area (Å²) < 4.78 is 0. The van der Waals surface area contributed by atoms with Crippen LogP contribution >= 0.6 is 0 Å². The summed E-state index contributed by atoms with van der Waals surface area (Å²) in [5.41, 5.74) is 5.45. The number of nitrogens with two attached hydrogens (primary N) is 1. The SMILES string of the molecule is CCC(CNCN)C1CCCCC1.O.O. The molecule has 1 aliphatic carbocycles. The highest BCUT2D eigenvalue weighted by Gasteiger charge is 2.21. The van der Waals surface area contributed by atoms with E-state index in [-0.39, 0.29) is 11.0 Å². The van der Waals surface area contributed by atoms with Crippen molar-refractivity contribution in [2.24, 2.45) is 17.6 Å². The molecule has 0 amide bonds. The van der Waals surface area contributed by atoms with E-state index in [1.165, 1.54) is 38.5 Å². The van der Waals surface area contributed by atoms with Crippen molar-refractivity contribution in [3.05, 3.63) is 0 Å². The van der Waals surface area contributed by atoms with E-state index in [2.05, 4.69) is 12.2 Å². The summed E-state index contributed by atoms with van der Waals surface area (Å²) in [6.45, 7) is 4.05. The highest BCUT2D eigenvalue weighted by Crippen LogP contribution is 2.31.